The molecule has 0 saturated carbocycles. The van der Waals surface area contributed by atoms with Gasteiger partial charge in [-0.25, -0.2) is 0 Å². The predicted molar refractivity (Wildman–Crippen MR) is 94.7 cm³/mol. The molecule has 1 aliphatic heterocycles. The molecule has 1 aromatic heterocycles. The third-order valence-corrected chi connectivity index (χ3v) is 4.48. The Morgan fingerprint density at radius 1 is 1.22 bits per heavy atom. The van der Waals surface area contributed by atoms with E-state index in [0.29, 0.717) is 11.3 Å². The molecular weight excluding hydrogens is 314 g/mol. The number of aryl methyl sites for hydroxylation is 1. The summed E-state index contributed by atoms with van der Waals surface area (Å²) in [6, 6.07) is 0.289. The normalized spacial score (nSPS) is 15.1. The van der Waals surface area contributed by atoms with Gasteiger partial charge in [-0.2, -0.15) is 0 Å². The van der Waals surface area contributed by atoms with Crippen molar-refractivity contribution in [3.63, 3.8) is 0 Å². The van der Waals surface area contributed by atoms with Crippen LogP contribution in [0.1, 0.15) is 65.2 Å². The summed E-state index contributed by atoms with van der Waals surface area (Å²) in [4.78, 5) is 29.9. The maximum absolute atomic E-state index is 13.0. The molecule has 0 aromatic carbocycles. The summed E-state index contributed by atoms with van der Waals surface area (Å²) in [7, 11) is 0. The van der Waals surface area contributed by atoms with Gasteiger partial charge < -0.3 is 15.2 Å². The molecule has 23 heavy (non-hydrogen) atoms. The Morgan fingerprint density at radius 3 is 2.30 bits per heavy atom. The smallest absolute Gasteiger partial charge is 0.270 e. The van der Waals surface area contributed by atoms with Gasteiger partial charge in [0.25, 0.3) is 5.91 Å². The Morgan fingerprint density at radius 2 is 1.83 bits per heavy atom. The maximum atomic E-state index is 13.0. The summed E-state index contributed by atoms with van der Waals surface area (Å²) in [6.07, 6.45) is 2.92. The first-order valence-electron chi connectivity index (χ1n) is 8.19. The second-order valence-corrected chi connectivity index (χ2v) is 6.16. The first kappa shape index (κ1) is 19.7. The number of aromatic nitrogens is 1. The SMILES string of the molecule is CCCN(C(=O)c1[nH]c(C)c(C(C)=O)c1C)C1CCNCC1.Cl. The molecule has 0 atom stereocenters. The van der Waals surface area contributed by atoms with Crippen molar-refractivity contribution in [1.29, 1.82) is 0 Å². The number of amides is 1. The van der Waals surface area contributed by atoms with E-state index in [0.717, 1.165) is 50.2 Å². The number of nitrogens with zero attached hydrogens (tertiary/aromatic N) is 1. The topological polar surface area (TPSA) is 65.2 Å². The van der Waals surface area contributed by atoms with Crippen molar-refractivity contribution in [3.8, 4) is 0 Å². The number of nitrogens with one attached hydrogen (secondary N) is 2. The monoisotopic (exact) mass is 341 g/mol. The van der Waals surface area contributed by atoms with Crippen LogP contribution in [0.2, 0.25) is 0 Å². The Labute approximate surface area is 144 Å². The maximum Gasteiger partial charge on any atom is 0.270 e. The van der Waals surface area contributed by atoms with Crippen LogP contribution < -0.4 is 5.32 Å². The average molecular weight is 342 g/mol. The van der Waals surface area contributed by atoms with Crippen LogP contribution >= 0.6 is 12.4 Å². The quantitative estimate of drug-likeness (QED) is 0.809. The lowest BCUT2D eigenvalue weighted by Crippen LogP contribution is -2.46. The molecule has 1 saturated heterocycles. The molecule has 1 aliphatic rings. The third-order valence-electron chi connectivity index (χ3n) is 4.48. The molecule has 5 nitrogen and oxygen atoms in total. The number of Topliss-reactive ketones (excluding diaryl/α,β-unsaturated/α-hetero) is 1. The zero-order chi connectivity index (χ0) is 16.3. The van der Waals surface area contributed by atoms with Crippen LogP contribution in [0, 0.1) is 13.8 Å². The molecule has 0 bridgehead atoms. The molecule has 2 rings (SSSR count). The fraction of sp³-hybridized carbons (Fsp3) is 0.647. The first-order valence-corrected chi connectivity index (χ1v) is 8.19. The number of carbonyl (C=O) groups is 2. The molecule has 0 spiro atoms. The molecule has 2 heterocycles. The fourth-order valence-electron chi connectivity index (χ4n) is 3.44. The van der Waals surface area contributed by atoms with E-state index in [1.54, 1.807) is 6.92 Å². The molecular formula is C17H28ClN3O2. The Balaban J connectivity index is 0.00000264. The number of H-pyrrole nitrogens is 1. The van der Waals surface area contributed by atoms with Gasteiger partial charge in [-0.3, -0.25) is 9.59 Å². The van der Waals surface area contributed by atoms with Crippen LogP contribution in [0.25, 0.3) is 0 Å². The highest BCUT2D eigenvalue weighted by atomic mass is 35.5. The van der Waals surface area contributed by atoms with Crippen molar-refractivity contribution < 1.29 is 9.59 Å². The largest absolute Gasteiger partial charge is 0.354 e. The van der Waals surface area contributed by atoms with Gasteiger partial charge in [-0.15, -0.1) is 12.4 Å². The number of piperidine rings is 1. The van der Waals surface area contributed by atoms with Crippen molar-refractivity contribution in [2.75, 3.05) is 19.6 Å². The highest BCUT2D eigenvalue weighted by Gasteiger charge is 2.29. The van der Waals surface area contributed by atoms with E-state index >= 15 is 0 Å². The molecule has 0 unspecified atom stereocenters. The Bertz CT molecular complexity index is 562. The van der Waals surface area contributed by atoms with E-state index in [4.69, 9.17) is 0 Å². The summed E-state index contributed by atoms with van der Waals surface area (Å²) < 4.78 is 0. The van der Waals surface area contributed by atoms with Crippen LogP contribution in [0.15, 0.2) is 0 Å². The third kappa shape index (κ3) is 4.15. The van der Waals surface area contributed by atoms with Gasteiger partial charge in [0.15, 0.2) is 5.78 Å². The van der Waals surface area contributed by atoms with Crippen molar-refractivity contribution >= 4 is 24.1 Å². The molecule has 1 fully saturated rings. The lowest BCUT2D eigenvalue weighted by molar-refractivity contribution is 0.0636. The Kier molecular flexibility index (Phi) is 7.29. The second kappa shape index (κ2) is 8.50. The number of aromatic amines is 1. The van der Waals surface area contributed by atoms with E-state index in [1.165, 1.54) is 0 Å². The molecule has 6 heteroatoms. The van der Waals surface area contributed by atoms with E-state index in [1.807, 2.05) is 18.7 Å². The highest BCUT2D eigenvalue weighted by molar-refractivity contribution is 6.02. The lowest BCUT2D eigenvalue weighted by Gasteiger charge is -2.34. The number of ketones is 1. The van der Waals surface area contributed by atoms with Crippen molar-refractivity contribution in [3.05, 3.63) is 22.5 Å². The number of rotatable bonds is 5. The number of hydrogen-bond acceptors (Lipinski definition) is 3. The van der Waals surface area contributed by atoms with Crippen molar-refractivity contribution in [1.82, 2.24) is 15.2 Å². The summed E-state index contributed by atoms with van der Waals surface area (Å²) >= 11 is 0. The minimum absolute atomic E-state index is 0. The summed E-state index contributed by atoms with van der Waals surface area (Å²) in [5.74, 6) is 0.0380. The summed E-state index contributed by atoms with van der Waals surface area (Å²) in [5.41, 5.74) is 2.81. The number of halogens is 1. The van der Waals surface area contributed by atoms with Crippen LogP contribution in [0.3, 0.4) is 0 Å². The first-order chi connectivity index (χ1) is 10.5. The van der Waals surface area contributed by atoms with E-state index < -0.39 is 0 Å². The van der Waals surface area contributed by atoms with Crippen LogP contribution in [-0.4, -0.2) is 47.3 Å². The minimum Gasteiger partial charge on any atom is -0.354 e. The fourth-order valence-corrected chi connectivity index (χ4v) is 3.44. The minimum atomic E-state index is 0. The summed E-state index contributed by atoms with van der Waals surface area (Å²) in [6.45, 7) is 10.0. The molecule has 0 aliphatic carbocycles. The zero-order valence-electron chi connectivity index (χ0n) is 14.5. The molecule has 0 radical (unpaired) electrons. The van der Waals surface area contributed by atoms with Crippen molar-refractivity contribution in [2.24, 2.45) is 0 Å². The van der Waals surface area contributed by atoms with Crippen LogP contribution in [0.4, 0.5) is 0 Å². The van der Waals surface area contributed by atoms with Gasteiger partial charge in [0.05, 0.1) is 0 Å². The van der Waals surface area contributed by atoms with E-state index in [-0.39, 0.29) is 30.1 Å². The average Bonchev–Trinajstić information content (AvgIpc) is 2.80. The highest BCUT2D eigenvalue weighted by Crippen LogP contribution is 2.22. The number of hydrogen-bond donors (Lipinski definition) is 2. The van der Waals surface area contributed by atoms with Gasteiger partial charge in [0.2, 0.25) is 0 Å². The Hall–Kier alpha value is -1.33. The number of carbonyl (C=O) groups excluding carboxylic acids is 2. The molecule has 130 valence electrons. The molecule has 1 aromatic rings. The van der Waals surface area contributed by atoms with Gasteiger partial charge in [0, 0.05) is 23.8 Å². The standard InChI is InChI=1S/C17H27N3O2.ClH/c1-5-10-20(14-6-8-18-9-7-14)17(22)16-11(2)15(13(4)21)12(3)19-16;/h14,18-19H,5-10H2,1-4H3;1H. The van der Waals surface area contributed by atoms with Crippen molar-refractivity contribution in [2.45, 2.75) is 53.0 Å². The lowest BCUT2D eigenvalue weighted by atomic mass is 10.0. The summed E-state index contributed by atoms with van der Waals surface area (Å²) in [5, 5.41) is 3.34. The van der Waals surface area contributed by atoms with Gasteiger partial charge in [-0.05, 0) is 58.7 Å². The van der Waals surface area contributed by atoms with E-state index in [2.05, 4.69) is 17.2 Å². The second-order valence-electron chi connectivity index (χ2n) is 6.16. The predicted octanol–water partition coefficient (Wildman–Crippen LogP) is 2.86. The molecule has 2 N–H and O–H groups in total. The van der Waals surface area contributed by atoms with E-state index in [9.17, 15) is 9.59 Å². The van der Waals surface area contributed by atoms with Gasteiger partial charge >= 0.3 is 0 Å². The van der Waals surface area contributed by atoms with Crippen LogP contribution in [0.5, 0.6) is 0 Å². The molecule has 1 amide bonds. The van der Waals surface area contributed by atoms with Gasteiger partial charge in [0.1, 0.15) is 5.69 Å². The van der Waals surface area contributed by atoms with Crippen LogP contribution in [-0.2, 0) is 0 Å². The zero-order valence-corrected chi connectivity index (χ0v) is 15.3. The van der Waals surface area contributed by atoms with Gasteiger partial charge in [-0.1, -0.05) is 6.92 Å².